The molecule has 0 bridgehead atoms. The summed E-state index contributed by atoms with van der Waals surface area (Å²) in [4.78, 5) is 23.5. The summed E-state index contributed by atoms with van der Waals surface area (Å²) in [7, 11) is 0. The van der Waals surface area contributed by atoms with Gasteiger partial charge in [-0.05, 0) is 12.1 Å². The van der Waals surface area contributed by atoms with Crippen LogP contribution in [-0.2, 0) is 9.59 Å². The zero-order valence-electron chi connectivity index (χ0n) is 7.14. The Bertz CT molecular complexity index is 382. The number of carboxylic acid groups (broad SMARTS) is 1. The molecule has 0 radical (unpaired) electrons. The van der Waals surface area contributed by atoms with E-state index in [9.17, 15) is 9.59 Å². The summed E-state index contributed by atoms with van der Waals surface area (Å²) in [5.41, 5.74) is 0.378. The van der Waals surface area contributed by atoms with Crippen molar-refractivity contribution in [2.45, 2.75) is 0 Å². The number of ether oxygens (including phenoxy) is 1. The van der Waals surface area contributed by atoms with Gasteiger partial charge in [0, 0.05) is 6.07 Å². The first-order chi connectivity index (χ1) is 6.72. The summed E-state index contributed by atoms with van der Waals surface area (Å²) in [6.07, 6.45) is 1.38. The van der Waals surface area contributed by atoms with E-state index < -0.39 is 12.6 Å². The molecule has 0 aromatic heterocycles. The third-order valence-electron chi connectivity index (χ3n) is 1.35. The first-order valence-corrected chi connectivity index (χ1v) is 3.75. The molecule has 0 aliphatic rings. The number of aliphatic carboxylic acids is 1. The monoisotopic (exact) mass is 193 g/mol. The van der Waals surface area contributed by atoms with Crippen molar-refractivity contribution in [1.82, 2.24) is 0 Å². The van der Waals surface area contributed by atoms with Crippen LogP contribution in [0.15, 0.2) is 29.3 Å². The van der Waals surface area contributed by atoms with E-state index in [1.54, 1.807) is 18.2 Å². The number of hydrogen-bond acceptors (Lipinski definition) is 4. The Morgan fingerprint density at radius 3 is 3.00 bits per heavy atom. The molecule has 0 aliphatic carbocycles. The number of carboxylic acids is 1. The molecule has 0 spiro atoms. The standard InChI is InChI=1S/C9H7NO4/c11-6-10-7-2-1-3-8(4-7)14-5-9(12)13/h1-4H,5H2,(H,12,13). The van der Waals surface area contributed by atoms with E-state index in [-0.39, 0.29) is 0 Å². The average Bonchev–Trinajstić information content (AvgIpc) is 2.16. The Labute approximate surface area is 79.7 Å². The molecule has 5 heteroatoms. The second-order valence-electron chi connectivity index (χ2n) is 2.38. The van der Waals surface area contributed by atoms with Crippen molar-refractivity contribution in [2.75, 3.05) is 6.61 Å². The number of isocyanates is 1. The topological polar surface area (TPSA) is 76.0 Å². The molecule has 1 aromatic rings. The van der Waals surface area contributed by atoms with E-state index in [4.69, 9.17) is 9.84 Å². The van der Waals surface area contributed by atoms with Crippen LogP contribution < -0.4 is 4.74 Å². The van der Waals surface area contributed by atoms with Gasteiger partial charge in [-0.15, -0.1) is 0 Å². The number of aliphatic imine (C=N–C) groups is 1. The van der Waals surface area contributed by atoms with Crippen molar-refractivity contribution in [2.24, 2.45) is 4.99 Å². The van der Waals surface area contributed by atoms with Crippen molar-refractivity contribution >= 4 is 17.7 Å². The van der Waals surface area contributed by atoms with Gasteiger partial charge in [-0.3, -0.25) is 0 Å². The lowest BCUT2D eigenvalue weighted by Gasteiger charge is -2.02. The molecular formula is C9H7NO4. The third kappa shape index (κ3) is 3.08. The smallest absolute Gasteiger partial charge is 0.341 e. The maximum atomic E-state index is 10.2. The van der Waals surface area contributed by atoms with Crippen LogP contribution in [0.4, 0.5) is 5.69 Å². The second kappa shape index (κ2) is 4.79. The lowest BCUT2D eigenvalue weighted by Crippen LogP contribution is -2.09. The molecule has 1 N–H and O–H groups in total. The van der Waals surface area contributed by atoms with Crippen LogP contribution in [0.25, 0.3) is 0 Å². The summed E-state index contributed by atoms with van der Waals surface area (Å²) in [6.45, 7) is -0.422. The molecule has 5 nitrogen and oxygen atoms in total. The molecule has 1 rings (SSSR count). The fraction of sp³-hybridized carbons (Fsp3) is 0.111. The summed E-state index contributed by atoms with van der Waals surface area (Å²) in [5.74, 6) is -0.710. The lowest BCUT2D eigenvalue weighted by molar-refractivity contribution is -0.139. The molecule has 14 heavy (non-hydrogen) atoms. The van der Waals surface area contributed by atoms with Gasteiger partial charge in [0.25, 0.3) is 0 Å². The summed E-state index contributed by atoms with van der Waals surface area (Å²) in [5, 5.41) is 8.34. The molecule has 0 amide bonds. The van der Waals surface area contributed by atoms with E-state index in [2.05, 4.69) is 4.99 Å². The Balaban J connectivity index is 2.73. The Hall–Kier alpha value is -2.13. The quantitative estimate of drug-likeness (QED) is 0.574. The van der Waals surface area contributed by atoms with Crippen molar-refractivity contribution in [1.29, 1.82) is 0 Å². The molecule has 0 atom stereocenters. The highest BCUT2D eigenvalue weighted by Gasteiger charge is 1.99. The van der Waals surface area contributed by atoms with Crippen LogP contribution in [0.1, 0.15) is 0 Å². The molecule has 0 fully saturated rings. The van der Waals surface area contributed by atoms with Crippen LogP contribution in [0, 0.1) is 0 Å². The Morgan fingerprint density at radius 2 is 2.36 bits per heavy atom. The third-order valence-corrected chi connectivity index (χ3v) is 1.35. The molecule has 0 saturated carbocycles. The van der Waals surface area contributed by atoms with Crippen molar-refractivity contribution in [3.05, 3.63) is 24.3 Å². The van der Waals surface area contributed by atoms with E-state index in [1.165, 1.54) is 12.1 Å². The van der Waals surface area contributed by atoms with Gasteiger partial charge in [0.1, 0.15) is 5.75 Å². The Kier molecular flexibility index (Phi) is 3.41. The maximum Gasteiger partial charge on any atom is 0.341 e. The van der Waals surface area contributed by atoms with Crippen molar-refractivity contribution < 1.29 is 19.4 Å². The number of hydrogen-bond donors (Lipinski definition) is 1. The summed E-state index contributed by atoms with van der Waals surface area (Å²) in [6, 6.07) is 6.21. The molecule has 0 aliphatic heterocycles. The maximum absolute atomic E-state index is 10.2. The number of nitrogens with zero attached hydrogens (tertiary/aromatic N) is 1. The number of rotatable bonds is 4. The van der Waals surface area contributed by atoms with Crippen LogP contribution in [0.2, 0.25) is 0 Å². The predicted molar refractivity (Wildman–Crippen MR) is 47.4 cm³/mol. The van der Waals surface area contributed by atoms with Gasteiger partial charge in [-0.2, -0.15) is 4.99 Å². The summed E-state index contributed by atoms with van der Waals surface area (Å²) >= 11 is 0. The van der Waals surface area contributed by atoms with Gasteiger partial charge in [0.05, 0.1) is 5.69 Å². The zero-order chi connectivity index (χ0) is 10.4. The van der Waals surface area contributed by atoms with E-state index in [0.29, 0.717) is 11.4 Å². The lowest BCUT2D eigenvalue weighted by atomic mass is 10.3. The van der Waals surface area contributed by atoms with E-state index in [0.717, 1.165) is 0 Å². The second-order valence-corrected chi connectivity index (χ2v) is 2.38. The minimum atomic E-state index is -1.06. The van der Waals surface area contributed by atoms with E-state index >= 15 is 0 Å². The molecule has 0 saturated heterocycles. The molecule has 1 aromatic carbocycles. The number of carbonyl (C=O) groups is 1. The van der Waals surface area contributed by atoms with Gasteiger partial charge in [-0.25, -0.2) is 9.59 Å². The van der Waals surface area contributed by atoms with Crippen LogP contribution in [0.3, 0.4) is 0 Å². The predicted octanol–water partition coefficient (Wildman–Crippen LogP) is 1.12. The van der Waals surface area contributed by atoms with Gasteiger partial charge >= 0.3 is 5.97 Å². The highest BCUT2D eigenvalue weighted by molar-refractivity contribution is 5.68. The molecule has 0 heterocycles. The normalized spacial score (nSPS) is 8.86. The highest BCUT2D eigenvalue weighted by atomic mass is 16.5. The van der Waals surface area contributed by atoms with Gasteiger partial charge in [0.15, 0.2) is 6.61 Å². The minimum Gasteiger partial charge on any atom is -0.482 e. The first kappa shape index (κ1) is 9.95. The van der Waals surface area contributed by atoms with Crippen molar-refractivity contribution in [3.63, 3.8) is 0 Å². The minimum absolute atomic E-state index is 0.351. The van der Waals surface area contributed by atoms with Crippen LogP contribution in [0.5, 0.6) is 5.75 Å². The fourth-order valence-electron chi connectivity index (χ4n) is 0.841. The van der Waals surface area contributed by atoms with Crippen LogP contribution in [-0.4, -0.2) is 23.8 Å². The van der Waals surface area contributed by atoms with Crippen LogP contribution >= 0.6 is 0 Å². The first-order valence-electron chi connectivity index (χ1n) is 3.75. The average molecular weight is 193 g/mol. The van der Waals surface area contributed by atoms with Gasteiger partial charge in [-0.1, -0.05) is 6.07 Å². The van der Waals surface area contributed by atoms with Crippen molar-refractivity contribution in [3.8, 4) is 5.75 Å². The molecule has 72 valence electrons. The van der Waals surface area contributed by atoms with Gasteiger partial charge in [0.2, 0.25) is 6.08 Å². The molecule has 0 unspecified atom stereocenters. The molecular weight excluding hydrogens is 186 g/mol. The number of carbonyl (C=O) groups excluding carboxylic acids is 1. The largest absolute Gasteiger partial charge is 0.482 e. The highest BCUT2D eigenvalue weighted by Crippen LogP contribution is 2.18. The fourth-order valence-corrected chi connectivity index (χ4v) is 0.841. The Morgan fingerprint density at radius 1 is 1.57 bits per heavy atom. The zero-order valence-corrected chi connectivity index (χ0v) is 7.14. The summed E-state index contributed by atoms with van der Waals surface area (Å²) < 4.78 is 4.87. The van der Waals surface area contributed by atoms with Gasteiger partial charge < -0.3 is 9.84 Å². The van der Waals surface area contributed by atoms with E-state index in [1.807, 2.05) is 0 Å². The SMILES string of the molecule is O=C=Nc1cccc(OCC(=O)O)c1. The number of benzene rings is 1.